The minimum Gasteiger partial charge on any atom is -0.356 e. The van der Waals surface area contributed by atoms with E-state index in [2.05, 4.69) is 10.3 Å². The van der Waals surface area contributed by atoms with E-state index in [0.29, 0.717) is 24.3 Å². The van der Waals surface area contributed by atoms with Crippen LogP contribution in [0.1, 0.15) is 25.1 Å². The van der Waals surface area contributed by atoms with E-state index in [-0.39, 0.29) is 10.8 Å². The molecule has 8 heteroatoms. The SMILES string of the molecule is CN(C)S(=O)(=O)c1ccc2c(c1)nc(CCC(=O)NCC1CC1)n2C. The molecule has 1 N–H and O–H groups in total. The van der Waals surface area contributed by atoms with Crippen LogP contribution in [0.3, 0.4) is 0 Å². The highest BCUT2D eigenvalue weighted by atomic mass is 32.2. The molecule has 1 aliphatic carbocycles. The van der Waals surface area contributed by atoms with Crippen LogP contribution >= 0.6 is 0 Å². The van der Waals surface area contributed by atoms with Gasteiger partial charge in [-0.2, -0.15) is 0 Å². The Kier molecular flexibility index (Phi) is 4.83. The third kappa shape index (κ3) is 3.85. The lowest BCUT2D eigenvalue weighted by Crippen LogP contribution is -2.25. The molecule has 1 aromatic carbocycles. The Morgan fingerprint density at radius 1 is 1.36 bits per heavy atom. The number of aromatic nitrogens is 2. The van der Waals surface area contributed by atoms with Gasteiger partial charge >= 0.3 is 0 Å². The summed E-state index contributed by atoms with van der Waals surface area (Å²) >= 11 is 0. The summed E-state index contributed by atoms with van der Waals surface area (Å²) in [5, 5.41) is 2.95. The van der Waals surface area contributed by atoms with Crippen molar-refractivity contribution in [3.05, 3.63) is 24.0 Å². The van der Waals surface area contributed by atoms with Gasteiger partial charge in [-0.1, -0.05) is 0 Å². The molecule has 2 aromatic rings. The first kappa shape index (κ1) is 17.9. The predicted molar refractivity (Wildman–Crippen MR) is 95.6 cm³/mol. The van der Waals surface area contributed by atoms with E-state index in [1.165, 1.54) is 31.2 Å². The van der Waals surface area contributed by atoms with Gasteiger partial charge in [-0.3, -0.25) is 4.79 Å². The second-order valence-electron chi connectivity index (χ2n) is 6.77. The van der Waals surface area contributed by atoms with E-state index in [1.54, 1.807) is 18.2 Å². The Bertz CT molecular complexity index is 898. The molecule has 1 aromatic heterocycles. The first-order chi connectivity index (χ1) is 11.8. The highest BCUT2D eigenvalue weighted by Gasteiger charge is 2.22. The molecule has 1 heterocycles. The number of benzene rings is 1. The summed E-state index contributed by atoms with van der Waals surface area (Å²) in [6.07, 6.45) is 3.33. The van der Waals surface area contributed by atoms with Crippen molar-refractivity contribution in [2.45, 2.75) is 30.6 Å². The maximum Gasteiger partial charge on any atom is 0.242 e. The number of rotatable bonds is 7. The van der Waals surface area contributed by atoms with E-state index >= 15 is 0 Å². The quantitative estimate of drug-likeness (QED) is 0.802. The van der Waals surface area contributed by atoms with Gasteiger partial charge in [0.05, 0.1) is 15.9 Å². The van der Waals surface area contributed by atoms with Crippen LogP contribution in [-0.2, 0) is 28.3 Å². The highest BCUT2D eigenvalue weighted by molar-refractivity contribution is 7.89. The number of fused-ring (bicyclic) bond motifs is 1. The van der Waals surface area contributed by atoms with Gasteiger partial charge in [0.2, 0.25) is 15.9 Å². The second kappa shape index (κ2) is 6.76. The topological polar surface area (TPSA) is 84.3 Å². The fourth-order valence-electron chi connectivity index (χ4n) is 2.72. The van der Waals surface area contributed by atoms with E-state index < -0.39 is 10.0 Å². The van der Waals surface area contributed by atoms with Crippen LogP contribution < -0.4 is 5.32 Å². The van der Waals surface area contributed by atoms with Gasteiger partial charge in [0.15, 0.2) is 0 Å². The minimum atomic E-state index is -3.49. The predicted octanol–water partition coefficient (Wildman–Crippen LogP) is 1.28. The van der Waals surface area contributed by atoms with Crippen molar-refractivity contribution < 1.29 is 13.2 Å². The van der Waals surface area contributed by atoms with Crippen molar-refractivity contribution in [2.24, 2.45) is 13.0 Å². The zero-order valence-electron chi connectivity index (χ0n) is 14.8. The van der Waals surface area contributed by atoms with Gasteiger partial charge in [-0.05, 0) is 37.0 Å². The number of carbonyl (C=O) groups is 1. The number of carbonyl (C=O) groups excluding carboxylic acids is 1. The van der Waals surface area contributed by atoms with Crippen LogP contribution in [0, 0.1) is 5.92 Å². The Morgan fingerprint density at radius 2 is 2.08 bits per heavy atom. The molecule has 25 heavy (non-hydrogen) atoms. The molecule has 0 bridgehead atoms. The average molecular weight is 364 g/mol. The lowest BCUT2D eigenvalue weighted by molar-refractivity contribution is -0.121. The fourth-order valence-corrected chi connectivity index (χ4v) is 3.64. The summed E-state index contributed by atoms with van der Waals surface area (Å²) in [6, 6.07) is 4.93. The number of imidazole rings is 1. The van der Waals surface area contributed by atoms with Gasteiger partial charge in [0, 0.05) is 40.5 Å². The monoisotopic (exact) mass is 364 g/mol. The number of nitrogens with one attached hydrogen (secondary N) is 1. The number of hydrogen-bond acceptors (Lipinski definition) is 4. The zero-order chi connectivity index (χ0) is 18.2. The summed E-state index contributed by atoms with van der Waals surface area (Å²) in [5.74, 6) is 1.47. The molecule has 0 aliphatic heterocycles. The van der Waals surface area contributed by atoms with Crippen molar-refractivity contribution in [2.75, 3.05) is 20.6 Å². The number of nitrogens with zero attached hydrogens (tertiary/aromatic N) is 3. The standard InChI is InChI=1S/C17H24N4O3S/c1-20(2)25(23,24)13-6-7-15-14(10-13)19-16(21(15)3)8-9-17(22)18-11-12-4-5-12/h6-7,10,12H,4-5,8-9,11H2,1-3H3,(H,18,22). The number of sulfonamides is 1. The van der Waals surface area contributed by atoms with Gasteiger partial charge in [0.1, 0.15) is 5.82 Å². The summed E-state index contributed by atoms with van der Waals surface area (Å²) in [4.78, 5) is 16.6. The van der Waals surface area contributed by atoms with Gasteiger partial charge in [0.25, 0.3) is 0 Å². The molecule has 0 atom stereocenters. The molecule has 0 saturated heterocycles. The molecule has 0 radical (unpaired) electrons. The van der Waals surface area contributed by atoms with Crippen LogP contribution in [0.25, 0.3) is 11.0 Å². The molecule has 1 amide bonds. The summed E-state index contributed by atoms with van der Waals surface area (Å²) in [5.41, 5.74) is 1.48. The maximum absolute atomic E-state index is 12.3. The summed E-state index contributed by atoms with van der Waals surface area (Å²) < 4.78 is 27.6. The Balaban J connectivity index is 1.75. The average Bonchev–Trinajstić information content (AvgIpc) is 3.35. The summed E-state index contributed by atoms with van der Waals surface area (Å²) in [7, 11) is 1.40. The second-order valence-corrected chi connectivity index (χ2v) is 8.92. The van der Waals surface area contributed by atoms with Crippen molar-refractivity contribution in [3.63, 3.8) is 0 Å². The van der Waals surface area contributed by atoms with E-state index in [4.69, 9.17) is 0 Å². The van der Waals surface area contributed by atoms with Crippen LogP contribution in [0.2, 0.25) is 0 Å². The van der Waals surface area contributed by atoms with Crippen molar-refractivity contribution in [1.82, 2.24) is 19.2 Å². The van der Waals surface area contributed by atoms with Crippen LogP contribution in [0.15, 0.2) is 23.1 Å². The molecule has 1 aliphatic rings. The van der Waals surface area contributed by atoms with Gasteiger partial charge < -0.3 is 9.88 Å². The fraction of sp³-hybridized carbons (Fsp3) is 0.529. The number of hydrogen-bond donors (Lipinski definition) is 1. The van der Waals surface area contributed by atoms with Crippen molar-refractivity contribution in [1.29, 1.82) is 0 Å². The molecule has 1 saturated carbocycles. The smallest absolute Gasteiger partial charge is 0.242 e. The zero-order valence-corrected chi connectivity index (χ0v) is 15.6. The molecule has 0 unspecified atom stereocenters. The molecule has 7 nitrogen and oxygen atoms in total. The molecule has 136 valence electrons. The van der Waals surface area contributed by atoms with Gasteiger partial charge in [-0.25, -0.2) is 17.7 Å². The normalized spacial score (nSPS) is 15.0. The van der Waals surface area contributed by atoms with Crippen LogP contribution in [-0.4, -0.2) is 48.8 Å². The van der Waals surface area contributed by atoms with Crippen LogP contribution in [0.4, 0.5) is 0 Å². The van der Waals surface area contributed by atoms with Crippen LogP contribution in [0.5, 0.6) is 0 Å². The van der Waals surface area contributed by atoms with E-state index in [1.807, 2.05) is 11.6 Å². The molecular formula is C17H24N4O3S. The largest absolute Gasteiger partial charge is 0.356 e. The first-order valence-electron chi connectivity index (χ1n) is 8.43. The molecule has 1 fully saturated rings. The Morgan fingerprint density at radius 3 is 2.72 bits per heavy atom. The van der Waals surface area contributed by atoms with Gasteiger partial charge in [-0.15, -0.1) is 0 Å². The number of amides is 1. The highest BCUT2D eigenvalue weighted by Crippen LogP contribution is 2.27. The molecular weight excluding hydrogens is 340 g/mol. The van der Waals surface area contributed by atoms with E-state index in [9.17, 15) is 13.2 Å². The number of aryl methyl sites for hydroxylation is 2. The minimum absolute atomic E-state index is 0.0369. The lowest BCUT2D eigenvalue weighted by Gasteiger charge is -2.10. The third-order valence-corrected chi connectivity index (χ3v) is 6.40. The molecule has 3 rings (SSSR count). The van der Waals surface area contributed by atoms with Crippen molar-refractivity contribution in [3.8, 4) is 0 Å². The lowest BCUT2D eigenvalue weighted by atomic mass is 10.2. The Hall–Kier alpha value is -1.93. The maximum atomic E-state index is 12.3. The third-order valence-electron chi connectivity index (χ3n) is 4.58. The Labute approximate surface area is 148 Å². The first-order valence-corrected chi connectivity index (χ1v) is 9.87. The van der Waals surface area contributed by atoms with E-state index in [0.717, 1.165) is 17.9 Å². The summed E-state index contributed by atoms with van der Waals surface area (Å²) in [6.45, 7) is 0.771. The molecule has 0 spiro atoms. The van der Waals surface area contributed by atoms with Crippen molar-refractivity contribution >= 4 is 27.0 Å².